The van der Waals surface area contributed by atoms with Gasteiger partial charge in [0.1, 0.15) is 5.58 Å². The smallest absolute Gasteiger partial charge is 0.151 e. The van der Waals surface area contributed by atoms with Gasteiger partial charge in [0.25, 0.3) is 0 Å². The Morgan fingerprint density at radius 2 is 1.30 bits per heavy atom. The van der Waals surface area contributed by atoms with Gasteiger partial charge in [-0.3, -0.25) is 0 Å². The Labute approximate surface area is 159 Å². The highest BCUT2D eigenvalue weighted by atomic mass is 32.2. The summed E-state index contributed by atoms with van der Waals surface area (Å²) in [4.78, 5) is 1.50. The summed E-state index contributed by atoms with van der Waals surface area (Å²) in [6.45, 7) is 0. The second kappa shape index (κ2) is 6.53. The van der Waals surface area contributed by atoms with Crippen molar-refractivity contribution in [3.63, 3.8) is 0 Å². The van der Waals surface area contributed by atoms with Crippen LogP contribution in [0.2, 0.25) is 0 Å². The van der Waals surface area contributed by atoms with E-state index in [9.17, 15) is 4.21 Å². The van der Waals surface area contributed by atoms with E-state index in [1.165, 1.54) is 0 Å². The van der Waals surface area contributed by atoms with Gasteiger partial charge in [0.05, 0.1) is 15.7 Å². The average molecular weight is 368 g/mol. The van der Waals surface area contributed by atoms with E-state index in [-0.39, 0.29) is 0 Å². The third-order valence-electron chi connectivity index (χ3n) is 4.71. The number of rotatable bonds is 3. The van der Waals surface area contributed by atoms with E-state index in [0.717, 1.165) is 37.1 Å². The Hall–Kier alpha value is -3.17. The minimum absolute atomic E-state index is 0.670. The van der Waals surface area contributed by atoms with E-state index < -0.39 is 10.8 Å². The minimum atomic E-state index is -1.34. The first-order chi connectivity index (χ1) is 13.3. The number of furan rings is 1. The highest BCUT2D eigenvalue weighted by molar-refractivity contribution is 7.85. The second-order valence-corrected chi connectivity index (χ2v) is 7.79. The largest absolute Gasteiger partial charge is 0.454 e. The molecular weight excluding hydrogens is 352 g/mol. The Morgan fingerprint density at radius 3 is 2.07 bits per heavy atom. The molecule has 0 bridgehead atoms. The molecule has 27 heavy (non-hydrogen) atoms. The van der Waals surface area contributed by atoms with Crippen molar-refractivity contribution in [1.82, 2.24) is 0 Å². The van der Waals surface area contributed by atoms with Crippen LogP contribution in [0.3, 0.4) is 0 Å². The maximum absolute atomic E-state index is 13.5. The molecule has 1 heterocycles. The van der Waals surface area contributed by atoms with Crippen molar-refractivity contribution in [2.75, 3.05) is 0 Å². The van der Waals surface area contributed by atoms with Gasteiger partial charge in [-0.05, 0) is 23.6 Å². The van der Waals surface area contributed by atoms with E-state index in [0.29, 0.717) is 5.76 Å². The van der Waals surface area contributed by atoms with Crippen molar-refractivity contribution >= 4 is 32.5 Å². The fourth-order valence-corrected chi connectivity index (χ4v) is 4.76. The second-order valence-electron chi connectivity index (χ2n) is 6.37. The molecule has 1 atom stereocenters. The summed E-state index contributed by atoms with van der Waals surface area (Å²) in [7, 11) is -1.34. The molecule has 5 rings (SSSR count). The maximum atomic E-state index is 13.5. The Bertz CT molecular complexity index is 1270. The first-order valence-corrected chi connectivity index (χ1v) is 9.94. The molecule has 0 N–H and O–H groups in total. The monoisotopic (exact) mass is 368 g/mol. The third kappa shape index (κ3) is 2.68. The average Bonchev–Trinajstić information content (AvgIpc) is 3.14. The summed E-state index contributed by atoms with van der Waals surface area (Å²) < 4.78 is 19.9. The van der Waals surface area contributed by atoms with Crippen LogP contribution in [-0.4, -0.2) is 4.21 Å². The first-order valence-electron chi connectivity index (χ1n) is 8.79. The van der Waals surface area contributed by atoms with Gasteiger partial charge in [0.2, 0.25) is 0 Å². The summed E-state index contributed by atoms with van der Waals surface area (Å²) in [5.74, 6) is 0.670. The van der Waals surface area contributed by atoms with Crippen molar-refractivity contribution in [2.45, 2.75) is 9.79 Å². The van der Waals surface area contributed by atoms with Gasteiger partial charge >= 0.3 is 0 Å². The van der Waals surface area contributed by atoms with Crippen LogP contribution >= 0.6 is 0 Å². The number of hydrogen-bond acceptors (Lipinski definition) is 2. The zero-order valence-electron chi connectivity index (χ0n) is 14.5. The SMILES string of the molecule is O=S(c1ccccc1)c1c(-c2ccccc2)oc2c1ccc1ccccc12. The molecule has 5 aromatic rings. The van der Waals surface area contributed by atoms with E-state index in [1.807, 2.05) is 84.9 Å². The van der Waals surface area contributed by atoms with Crippen LogP contribution in [0.25, 0.3) is 33.1 Å². The molecular formula is C24H16O2S. The summed E-state index contributed by atoms with van der Waals surface area (Å²) in [5, 5.41) is 3.04. The molecule has 3 heteroatoms. The lowest BCUT2D eigenvalue weighted by atomic mass is 10.1. The van der Waals surface area contributed by atoms with Gasteiger partial charge in [-0.25, -0.2) is 4.21 Å². The molecule has 0 fully saturated rings. The molecule has 0 aliphatic rings. The molecule has 0 amide bonds. The highest BCUT2D eigenvalue weighted by Gasteiger charge is 2.23. The van der Waals surface area contributed by atoms with Gasteiger partial charge in [-0.15, -0.1) is 0 Å². The van der Waals surface area contributed by atoms with Crippen LogP contribution in [-0.2, 0) is 10.8 Å². The highest BCUT2D eigenvalue weighted by Crippen LogP contribution is 2.40. The number of hydrogen-bond donors (Lipinski definition) is 0. The fraction of sp³-hybridized carbons (Fsp3) is 0. The lowest BCUT2D eigenvalue weighted by Gasteiger charge is -2.04. The lowest BCUT2D eigenvalue weighted by molar-refractivity contribution is 0.625. The van der Waals surface area contributed by atoms with Crippen LogP contribution < -0.4 is 0 Å². The molecule has 2 nitrogen and oxygen atoms in total. The Balaban J connectivity index is 1.86. The van der Waals surface area contributed by atoms with E-state index in [4.69, 9.17) is 4.42 Å². The number of fused-ring (bicyclic) bond motifs is 3. The fourth-order valence-electron chi connectivity index (χ4n) is 3.43. The molecule has 0 aliphatic heterocycles. The van der Waals surface area contributed by atoms with Crippen molar-refractivity contribution in [3.8, 4) is 11.3 Å². The molecule has 0 spiro atoms. The van der Waals surface area contributed by atoms with Crippen LogP contribution in [0.1, 0.15) is 0 Å². The predicted octanol–water partition coefficient (Wildman–Crippen LogP) is 6.42. The summed E-state index contributed by atoms with van der Waals surface area (Å²) in [5.41, 5.74) is 1.71. The Morgan fingerprint density at radius 1 is 0.630 bits per heavy atom. The Kier molecular flexibility index (Phi) is 3.88. The van der Waals surface area contributed by atoms with Crippen LogP contribution in [0, 0.1) is 0 Å². The molecule has 0 saturated carbocycles. The first kappa shape index (κ1) is 16.0. The van der Waals surface area contributed by atoms with Crippen LogP contribution in [0.5, 0.6) is 0 Å². The molecule has 1 aromatic heterocycles. The zero-order valence-corrected chi connectivity index (χ0v) is 15.3. The van der Waals surface area contributed by atoms with Crippen LogP contribution in [0.4, 0.5) is 0 Å². The van der Waals surface area contributed by atoms with Gasteiger partial charge in [0.15, 0.2) is 5.76 Å². The van der Waals surface area contributed by atoms with E-state index >= 15 is 0 Å². The van der Waals surface area contributed by atoms with Gasteiger partial charge in [0, 0.05) is 21.2 Å². The third-order valence-corrected chi connectivity index (χ3v) is 6.19. The lowest BCUT2D eigenvalue weighted by Crippen LogP contribution is -1.93. The van der Waals surface area contributed by atoms with E-state index in [2.05, 4.69) is 12.1 Å². The summed E-state index contributed by atoms with van der Waals surface area (Å²) >= 11 is 0. The molecule has 0 saturated heterocycles. The van der Waals surface area contributed by atoms with Crippen LogP contribution in [0.15, 0.2) is 111 Å². The maximum Gasteiger partial charge on any atom is 0.151 e. The normalized spacial score (nSPS) is 12.4. The molecule has 130 valence electrons. The number of benzene rings is 4. The van der Waals surface area contributed by atoms with E-state index in [1.54, 1.807) is 0 Å². The quantitative estimate of drug-likeness (QED) is 0.368. The van der Waals surface area contributed by atoms with Crippen molar-refractivity contribution < 1.29 is 8.63 Å². The topological polar surface area (TPSA) is 30.2 Å². The predicted molar refractivity (Wildman–Crippen MR) is 110 cm³/mol. The molecule has 4 aromatic carbocycles. The van der Waals surface area contributed by atoms with Gasteiger partial charge in [-0.1, -0.05) is 78.9 Å². The van der Waals surface area contributed by atoms with Crippen molar-refractivity contribution in [1.29, 1.82) is 0 Å². The zero-order chi connectivity index (χ0) is 18.2. The molecule has 0 aliphatic carbocycles. The van der Waals surface area contributed by atoms with Gasteiger partial charge in [-0.2, -0.15) is 0 Å². The standard InChI is InChI=1S/C24H16O2S/c25-27(19-12-5-2-6-13-19)24-21-16-15-17-9-7-8-14-20(17)23(21)26-22(24)18-10-3-1-4-11-18/h1-16H. The summed E-state index contributed by atoms with van der Waals surface area (Å²) in [6.07, 6.45) is 0. The molecule has 0 radical (unpaired) electrons. The van der Waals surface area contributed by atoms with Crippen molar-refractivity contribution in [3.05, 3.63) is 97.1 Å². The minimum Gasteiger partial charge on any atom is -0.454 e. The summed E-state index contributed by atoms with van der Waals surface area (Å²) in [6, 6.07) is 31.6. The van der Waals surface area contributed by atoms with Crippen molar-refractivity contribution in [2.24, 2.45) is 0 Å². The molecule has 1 unspecified atom stereocenters. The van der Waals surface area contributed by atoms with Gasteiger partial charge < -0.3 is 4.42 Å².